The molecule has 4 heterocycles. The van der Waals surface area contributed by atoms with Crippen LogP contribution in [0.4, 0.5) is 24.8 Å². The number of rotatable bonds is 3. The summed E-state index contributed by atoms with van der Waals surface area (Å²) >= 11 is 0. The zero-order chi connectivity index (χ0) is 19.0. The first kappa shape index (κ1) is 17.7. The maximum atomic E-state index is 13.0. The normalized spacial score (nSPS) is 22.7. The molecule has 2 aliphatic rings. The lowest BCUT2D eigenvalue weighted by molar-refractivity contribution is -0.141. The van der Waals surface area contributed by atoms with Gasteiger partial charge >= 0.3 is 6.18 Å². The molecule has 2 atom stereocenters. The number of nitrogens with zero attached hydrogens (tertiary/aromatic N) is 6. The zero-order valence-electron chi connectivity index (χ0n) is 14.7. The molecule has 27 heavy (non-hydrogen) atoms. The lowest BCUT2D eigenvalue weighted by atomic mass is 9.92. The van der Waals surface area contributed by atoms with Crippen LogP contribution in [0.3, 0.4) is 0 Å². The molecule has 0 aromatic carbocycles. The number of methoxy groups -OCH3 is 1. The van der Waals surface area contributed by atoms with E-state index in [0.717, 1.165) is 31.8 Å². The summed E-state index contributed by atoms with van der Waals surface area (Å²) in [5.74, 6) is 1.83. The Morgan fingerprint density at radius 3 is 2.63 bits per heavy atom. The topological polar surface area (TPSA) is 67.3 Å². The second-order valence-electron chi connectivity index (χ2n) is 6.69. The Morgan fingerprint density at radius 1 is 1.07 bits per heavy atom. The van der Waals surface area contributed by atoms with Gasteiger partial charge in [0.25, 0.3) is 5.88 Å². The van der Waals surface area contributed by atoms with Gasteiger partial charge in [0.05, 0.1) is 13.2 Å². The van der Waals surface area contributed by atoms with Crippen molar-refractivity contribution in [3.8, 4) is 5.88 Å². The molecular formula is C17H19F3N6O. The first-order valence-electron chi connectivity index (χ1n) is 8.73. The van der Waals surface area contributed by atoms with E-state index >= 15 is 0 Å². The van der Waals surface area contributed by atoms with Gasteiger partial charge in [-0.25, -0.2) is 19.9 Å². The number of hydrogen-bond donors (Lipinski definition) is 0. The predicted octanol–water partition coefficient (Wildman–Crippen LogP) is 2.40. The predicted molar refractivity (Wildman–Crippen MR) is 91.7 cm³/mol. The molecule has 0 bridgehead atoms. The zero-order valence-corrected chi connectivity index (χ0v) is 14.7. The molecule has 2 aliphatic heterocycles. The maximum Gasteiger partial charge on any atom is 0.433 e. The molecule has 2 saturated heterocycles. The largest absolute Gasteiger partial charge is 0.478 e. The second kappa shape index (κ2) is 6.82. The average molecular weight is 380 g/mol. The molecule has 4 rings (SSSR count). The number of ether oxygens (including phenoxy) is 1. The number of fused-ring (bicyclic) bond motifs is 1. The Labute approximate surface area is 154 Å². The highest BCUT2D eigenvalue weighted by atomic mass is 19.4. The van der Waals surface area contributed by atoms with Crippen molar-refractivity contribution in [2.75, 3.05) is 36.5 Å². The SMILES string of the molecule is COc1nccnc1N1CCC2CCN(c3cc(C(F)(F)F)ncn3)C2C1. The van der Waals surface area contributed by atoms with Crippen LogP contribution < -0.4 is 14.5 Å². The summed E-state index contributed by atoms with van der Waals surface area (Å²) in [6.45, 7) is 2.11. The fourth-order valence-corrected chi connectivity index (χ4v) is 3.96. The van der Waals surface area contributed by atoms with Crippen LogP contribution in [-0.2, 0) is 6.18 Å². The average Bonchev–Trinajstić information content (AvgIpc) is 3.10. The summed E-state index contributed by atoms with van der Waals surface area (Å²) in [5.41, 5.74) is -0.917. The van der Waals surface area contributed by atoms with Gasteiger partial charge in [0.1, 0.15) is 17.8 Å². The van der Waals surface area contributed by atoms with E-state index in [1.807, 2.05) is 4.90 Å². The van der Waals surface area contributed by atoms with E-state index in [1.165, 1.54) is 0 Å². The molecule has 2 unspecified atom stereocenters. The van der Waals surface area contributed by atoms with Crippen LogP contribution in [0.5, 0.6) is 5.88 Å². The van der Waals surface area contributed by atoms with Crippen molar-refractivity contribution in [1.82, 2.24) is 19.9 Å². The Bertz CT molecular complexity index is 817. The molecule has 2 aromatic rings. The van der Waals surface area contributed by atoms with Gasteiger partial charge in [-0.15, -0.1) is 0 Å². The minimum atomic E-state index is -4.48. The van der Waals surface area contributed by atoms with Crippen molar-refractivity contribution < 1.29 is 17.9 Å². The highest BCUT2D eigenvalue weighted by molar-refractivity contribution is 5.51. The molecule has 10 heteroatoms. The number of hydrogen-bond acceptors (Lipinski definition) is 7. The monoisotopic (exact) mass is 380 g/mol. The van der Waals surface area contributed by atoms with Gasteiger partial charge in [-0.1, -0.05) is 0 Å². The Hall–Kier alpha value is -2.65. The third kappa shape index (κ3) is 3.35. The van der Waals surface area contributed by atoms with Gasteiger partial charge in [0, 0.05) is 38.1 Å². The van der Waals surface area contributed by atoms with Gasteiger partial charge in [-0.2, -0.15) is 13.2 Å². The van der Waals surface area contributed by atoms with Crippen LogP contribution >= 0.6 is 0 Å². The van der Waals surface area contributed by atoms with Gasteiger partial charge < -0.3 is 14.5 Å². The number of alkyl halides is 3. The fraction of sp³-hybridized carbons (Fsp3) is 0.529. The van der Waals surface area contributed by atoms with E-state index in [0.29, 0.717) is 36.5 Å². The van der Waals surface area contributed by atoms with E-state index in [4.69, 9.17) is 4.74 Å². The van der Waals surface area contributed by atoms with Crippen molar-refractivity contribution in [2.24, 2.45) is 5.92 Å². The molecule has 2 aromatic heterocycles. The van der Waals surface area contributed by atoms with Crippen LogP contribution in [0, 0.1) is 5.92 Å². The summed E-state index contributed by atoms with van der Waals surface area (Å²) in [6, 6.07) is 1.09. The molecular weight excluding hydrogens is 361 g/mol. The number of aromatic nitrogens is 4. The van der Waals surface area contributed by atoms with Crippen molar-refractivity contribution in [3.05, 3.63) is 30.5 Å². The maximum absolute atomic E-state index is 13.0. The van der Waals surface area contributed by atoms with Crippen LogP contribution in [0.2, 0.25) is 0 Å². The van der Waals surface area contributed by atoms with Gasteiger partial charge in [-0.05, 0) is 18.8 Å². The summed E-state index contributed by atoms with van der Waals surface area (Å²) in [5, 5.41) is 0. The standard InChI is InChI=1S/C17H19F3N6O/c1-27-16-15(21-4-5-22-16)25-6-2-11-3-7-26(12(11)9-25)14-8-13(17(18,19)20)23-10-24-14/h4-5,8,10-12H,2-3,6-7,9H2,1H3. The van der Waals surface area contributed by atoms with Crippen molar-refractivity contribution >= 4 is 11.6 Å². The van der Waals surface area contributed by atoms with Crippen LogP contribution in [0.25, 0.3) is 0 Å². The lowest BCUT2D eigenvalue weighted by Crippen LogP contribution is -2.49. The first-order chi connectivity index (χ1) is 13.0. The summed E-state index contributed by atoms with van der Waals surface area (Å²) in [6.07, 6.45) is 1.53. The minimum absolute atomic E-state index is 0.0569. The number of anilines is 2. The molecule has 0 N–H and O–H groups in total. The van der Waals surface area contributed by atoms with Crippen molar-refractivity contribution in [1.29, 1.82) is 0 Å². The Kier molecular flexibility index (Phi) is 4.48. The molecule has 7 nitrogen and oxygen atoms in total. The molecule has 0 amide bonds. The second-order valence-corrected chi connectivity index (χ2v) is 6.69. The summed E-state index contributed by atoms with van der Waals surface area (Å²) in [4.78, 5) is 20.1. The Balaban J connectivity index is 1.59. The van der Waals surface area contributed by atoms with Crippen LogP contribution in [-0.4, -0.2) is 52.7 Å². The third-order valence-electron chi connectivity index (χ3n) is 5.24. The molecule has 0 spiro atoms. The highest BCUT2D eigenvalue weighted by Crippen LogP contribution is 2.38. The molecule has 0 saturated carbocycles. The highest BCUT2D eigenvalue weighted by Gasteiger charge is 2.41. The van der Waals surface area contributed by atoms with Crippen molar-refractivity contribution in [3.63, 3.8) is 0 Å². The molecule has 2 fully saturated rings. The molecule has 144 valence electrons. The first-order valence-corrected chi connectivity index (χ1v) is 8.73. The van der Waals surface area contributed by atoms with Gasteiger partial charge in [0.2, 0.25) is 0 Å². The van der Waals surface area contributed by atoms with Crippen LogP contribution in [0.1, 0.15) is 18.5 Å². The van der Waals surface area contributed by atoms with E-state index in [2.05, 4.69) is 24.8 Å². The molecule has 0 radical (unpaired) electrons. The summed E-state index contributed by atoms with van der Waals surface area (Å²) < 4.78 is 44.3. The van der Waals surface area contributed by atoms with E-state index in [1.54, 1.807) is 19.5 Å². The van der Waals surface area contributed by atoms with E-state index < -0.39 is 11.9 Å². The number of piperidine rings is 1. The quantitative estimate of drug-likeness (QED) is 0.810. The van der Waals surface area contributed by atoms with E-state index in [9.17, 15) is 13.2 Å². The molecule has 0 aliphatic carbocycles. The van der Waals surface area contributed by atoms with Crippen LogP contribution in [0.15, 0.2) is 24.8 Å². The smallest absolute Gasteiger partial charge is 0.433 e. The van der Waals surface area contributed by atoms with Crippen molar-refractivity contribution in [2.45, 2.75) is 25.1 Å². The van der Waals surface area contributed by atoms with E-state index in [-0.39, 0.29) is 6.04 Å². The summed E-state index contributed by atoms with van der Waals surface area (Å²) in [7, 11) is 1.54. The Morgan fingerprint density at radius 2 is 1.85 bits per heavy atom. The lowest BCUT2D eigenvalue weighted by Gasteiger charge is -2.39. The van der Waals surface area contributed by atoms with Gasteiger partial charge in [-0.3, -0.25) is 0 Å². The van der Waals surface area contributed by atoms with Gasteiger partial charge in [0.15, 0.2) is 5.82 Å². The third-order valence-corrected chi connectivity index (χ3v) is 5.24. The fourth-order valence-electron chi connectivity index (χ4n) is 3.96. The number of halogens is 3. The minimum Gasteiger partial charge on any atom is -0.478 e.